The van der Waals surface area contributed by atoms with Crippen LogP contribution in [0.5, 0.6) is 0 Å². The lowest BCUT2D eigenvalue weighted by molar-refractivity contribution is -0.143. The fourth-order valence-corrected chi connectivity index (χ4v) is 1.50. The van der Waals surface area contributed by atoms with Crippen LogP contribution in [0.2, 0.25) is 0 Å². The maximum atomic E-state index is 11.5. The number of ether oxygens (including phenoxy) is 2. The van der Waals surface area contributed by atoms with Crippen molar-refractivity contribution < 1.29 is 14.3 Å². The summed E-state index contributed by atoms with van der Waals surface area (Å²) in [5, 5.41) is 0. The molecule has 0 amide bonds. The van der Waals surface area contributed by atoms with Crippen molar-refractivity contribution in [3.63, 3.8) is 0 Å². The number of hydrogen-bond donors (Lipinski definition) is 3. The van der Waals surface area contributed by atoms with E-state index in [2.05, 4.69) is 15.0 Å². The molecule has 0 radical (unpaired) electrons. The molecule has 2 aromatic heterocycles. The normalized spacial score (nSPS) is 10.8. The topological polar surface area (TPSA) is 151 Å². The number of carbonyl (C=O) groups is 1. The third kappa shape index (κ3) is 3.10. The second-order valence-corrected chi connectivity index (χ2v) is 3.80. The lowest BCUT2D eigenvalue weighted by Crippen LogP contribution is -2.19. The standard InChI is InChI=1S/C10H14N6O4/c11-3-6(17)20-2-1-19-5-16-4-13-7-8(16)14-10(12)15-9(7)18/h4H,1-3,5,11H2,(H3,12,14,15,18). The SMILES string of the molecule is NCC(=O)OCCOCn1cnc2c(=O)[nH]c(N)nc21. The van der Waals surface area contributed by atoms with Crippen molar-refractivity contribution in [1.29, 1.82) is 0 Å². The summed E-state index contributed by atoms with van der Waals surface area (Å²) in [5.41, 5.74) is 10.6. The van der Waals surface area contributed by atoms with Gasteiger partial charge < -0.3 is 20.9 Å². The van der Waals surface area contributed by atoms with Gasteiger partial charge in [-0.15, -0.1) is 0 Å². The molecular formula is C10H14N6O4. The van der Waals surface area contributed by atoms with Crippen LogP contribution in [-0.2, 0) is 21.0 Å². The molecule has 0 aromatic carbocycles. The fourth-order valence-electron chi connectivity index (χ4n) is 1.50. The molecule has 2 rings (SSSR count). The van der Waals surface area contributed by atoms with E-state index in [4.69, 9.17) is 20.9 Å². The Bertz CT molecular complexity index is 663. The van der Waals surface area contributed by atoms with Gasteiger partial charge in [-0.05, 0) is 0 Å². The Morgan fingerprint density at radius 2 is 2.25 bits per heavy atom. The van der Waals surface area contributed by atoms with Crippen LogP contribution in [0.4, 0.5) is 5.95 Å². The minimum atomic E-state index is -0.498. The van der Waals surface area contributed by atoms with Gasteiger partial charge in [-0.3, -0.25) is 19.1 Å². The molecule has 2 heterocycles. The average Bonchev–Trinajstić information content (AvgIpc) is 2.81. The summed E-state index contributed by atoms with van der Waals surface area (Å²) >= 11 is 0. The Morgan fingerprint density at radius 1 is 1.45 bits per heavy atom. The van der Waals surface area contributed by atoms with Gasteiger partial charge in [0, 0.05) is 0 Å². The third-order valence-electron chi connectivity index (χ3n) is 2.38. The Kier molecular flexibility index (Phi) is 4.27. The van der Waals surface area contributed by atoms with Crippen molar-refractivity contribution in [2.45, 2.75) is 6.73 Å². The minimum absolute atomic E-state index is 0.00104. The highest BCUT2D eigenvalue weighted by atomic mass is 16.6. The van der Waals surface area contributed by atoms with Gasteiger partial charge in [-0.2, -0.15) is 4.98 Å². The molecule has 0 saturated carbocycles. The maximum absolute atomic E-state index is 11.5. The van der Waals surface area contributed by atoms with Crippen molar-refractivity contribution in [2.75, 3.05) is 25.5 Å². The molecule has 5 N–H and O–H groups in total. The van der Waals surface area contributed by atoms with E-state index in [-0.39, 0.29) is 38.0 Å². The molecule has 0 bridgehead atoms. The van der Waals surface area contributed by atoms with Gasteiger partial charge in [0.05, 0.1) is 19.5 Å². The van der Waals surface area contributed by atoms with E-state index in [0.717, 1.165) is 0 Å². The zero-order valence-corrected chi connectivity index (χ0v) is 10.5. The van der Waals surface area contributed by atoms with Crippen LogP contribution in [0.3, 0.4) is 0 Å². The van der Waals surface area contributed by atoms with Crippen LogP contribution in [0, 0.1) is 0 Å². The molecule has 0 fully saturated rings. The van der Waals surface area contributed by atoms with E-state index in [1.807, 2.05) is 0 Å². The Hall–Kier alpha value is -2.46. The van der Waals surface area contributed by atoms with Gasteiger partial charge in [-0.1, -0.05) is 0 Å². The van der Waals surface area contributed by atoms with Crippen LogP contribution in [0.1, 0.15) is 0 Å². The monoisotopic (exact) mass is 282 g/mol. The van der Waals surface area contributed by atoms with Crippen LogP contribution in [0.25, 0.3) is 11.2 Å². The van der Waals surface area contributed by atoms with Crippen LogP contribution >= 0.6 is 0 Å². The van der Waals surface area contributed by atoms with E-state index >= 15 is 0 Å². The number of aromatic amines is 1. The Labute approximate surface area is 112 Å². The smallest absolute Gasteiger partial charge is 0.319 e. The van der Waals surface area contributed by atoms with Gasteiger partial charge in [0.2, 0.25) is 5.95 Å². The van der Waals surface area contributed by atoms with E-state index in [9.17, 15) is 9.59 Å². The number of esters is 1. The van der Waals surface area contributed by atoms with Gasteiger partial charge in [-0.25, -0.2) is 4.98 Å². The Balaban J connectivity index is 1.94. The minimum Gasteiger partial charge on any atom is -0.462 e. The van der Waals surface area contributed by atoms with Crippen LogP contribution < -0.4 is 17.0 Å². The Morgan fingerprint density at radius 3 is 3.00 bits per heavy atom. The van der Waals surface area contributed by atoms with Gasteiger partial charge in [0.25, 0.3) is 5.56 Å². The molecule has 0 unspecified atom stereocenters. The fraction of sp³-hybridized carbons (Fsp3) is 0.400. The number of carbonyl (C=O) groups excluding carboxylic acids is 1. The summed E-state index contributed by atoms with van der Waals surface area (Å²) in [4.78, 5) is 32.6. The number of H-pyrrole nitrogens is 1. The van der Waals surface area contributed by atoms with E-state index in [0.29, 0.717) is 5.65 Å². The first kappa shape index (κ1) is 14.0. The first-order chi connectivity index (χ1) is 9.61. The number of anilines is 1. The highest BCUT2D eigenvalue weighted by molar-refractivity contribution is 5.71. The third-order valence-corrected chi connectivity index (χ3v) is 2.38. The second-order valence-electron chi connectivity index (χ2n) is 3.80. The predicted molar refractivity (Wildman–Crippen MR) is 68.5 cm³/mol. The molecule has 0 aliphatic heterocycles. The molecule has 2 aromatic rings. The zero-order chi connectivity index (χ0) is 14.5. The predicted octanol–water partition coefficient (Wildman–Crippen LogP) is -1.82. The molecular weight excluding hydrogens is 268 g/mol. The summed E-state index contributed by atoms with van der Waals surface area (Å²) in [6.07, 6.45) is 1.41. The molecule has 10 heteroatoms. The number of nitrogens with two attached hydrogens (primary N) is 2. The molecule has 0 atom stereocenters. The molecule has 0 spiro atoms. The van der Waals surface area contributed by atoms with Crippen molar-refractivity contribution in [3.05, 3.63) is 16.7 Å². The van der Waals surface area contributed by atoms with Crippen LogP contribution in [-0.4, -0.2) is 45.2 Å². The second kappa shape index (κ2) is 6.12. The van der Waals surface area contributed by atoms with Gasteiger partial charge in [0.15, 0.2) is 11.2 Å². The number of hydrogen-bond acceptors (Lipinski definition) is 8. The average molecular weight is 282 g/mol. The highest BCUT2D eigenvalue weighted by Gasteiger charge is 2.09. The summed E-state index contributed by atoms with van der Waals surface area (Å²) in [7, 11) is 0. The molecule has 20 heavy (non-hydrogen) atoms. The summed E-state index contributed by atoms with van der Waals surface area (Å²) < 4.78 is 11.5. The largest absolute Gasteiger partial charge is 0.462 e. The first-order valence-corrected chi connectivity index (χ1v) is 5.76. The van der Waals surface area contributed by atoms with Crippen molar-refractivity contribution >= 4 is 23.1 Å². The quantitative estimate of drug-likeness (QED) is 0.413. The number of imidazole rings is 1. The summed E-state index contributed by atoms with van der Waals surface area (Å²) in [6, 6.07) is 0. The number of fused-ring (bicyclic) bond motifs is 1. The summed E-state index contributed by atoms with van der Waals surface area (Å²) in [5.74, 6) is -0.496. The van der Waals surface area contributed by atoms with Crippen LogP contribution in [0.15, 0.2) is 11.1 Å². The maximum Gasteiger partial charge on any atom is 0.319 e. The molecule has 0 aliphatic rings. The number of nitrogens with one attached hydrogen (secondary N) is 1. The first-order valence-electron chi connectivity index (χ1n) is 5.76. The highest BCUT2D eigenvalue weighted by Crippen LogP contribution is 2.06. The van der Waals surface area contributed by atoms with E-state index in [1.165, 1.54) is 10.9 Å². The van der Waals surface area contributed by atoms with Gasteiger partial charge >= 0.3 is 5.97 Å². The number of rotatable bonds is 6. The van der Waals surface area contributed by atoms with Crippen molar-refractivity contribution in [3.8, 4) is 0 Å². The lowest BCUT2D eigenvalue weighted by Gasteiger charge is -2.06. The van der Waals surface area contributed by atoms with Crippen molar-refractivity contribution in [1.82, 2.24) is 19.5 Å². The zero-order valence-electron chi connectivity index (χ0n) is 10.5. The summed E-state index contributed by atoms with van der Waals surface area (Å²) in [6.45, 7) is 0.216. The molecule has 108 valence electrons. The molecule has 0 saturated heterocycles. The number of aromatic nitrogens is 4. The lowest BCUT2D eigenvalue weighted by atomic mass is 10.5. The number of nitrogen functional groups attached to an aromatic ring is 1. The number of nitrogens with zero attached hydrogens (tertiary/aromatic N) is 3. The van der Waals surface area contributed by atoms with Gasteiger partial charge in [0.1, 0.15) is 13.3 Å². The molecule has 10 nitrogen and oxygen atoms in total. The molecule has 0 aliphatic carbocycles. The van der Waals surface area contributed by atoms with E-state index in [1.54, 1.807) is 0 Å². The van der Waals surface area contributed by atoms with Crippen molar-refractivity contribution in [2.24, 2.45) is 5.73 Å². The van der Waals surface area contributed by atoms with E-state index < -0.39 is 11.5 Å².